The molecule has 0 saturated carbocycles. The molecule has 1 heterocycles. The zero-order valence-electron chi connectivity index (χ0n) is 12.9. The molecule has 0 bridgehead atoms. The maximum Gasteiger partial charge on any atom is 0.244 e. The summed E-state index contributed by atoms with van der Waals surface area (Å²) in [6, 6.07) is 5.81. The van der Waals surface area contributed by atoms with Gasteiger partial charge in [-0.05, 0) is 24.6 Å². The molecule has 1 aliphatic rings. The van der Waals surface area contributed by atoms with E-state index < -0.39 is 15.9 Å². The summed E-state index contributed by atoms with van der Waals surface area (Å²) in [5.41, 5.74) is 0.732. The van der Waals surface area contributed by atoms with Crippen LogP contribution in [0.3, 0.4) is 0 Å². The van der Waals surface area contributed by atoms with E-state index in [-0.39, 0.29) is 23.1 Å². The maximum atomic E-state index is 12.3. The monoisotopic (exact) mass is 324 g/mol. The molecule has 0 radical (unpaired) electrons. The van der Waals surface area contributed by atoms with E-state index in [1.807, 2.05) is 0 Å². The number of hydrogen-bond acceptors (Lipinski definition) is 4. The number of rotatable bonds is 3. The molecule has 6 nitrogen and oxygen atoms in total. The van der Waals surface area contributed by atoms with Crippen molar-refractivity contribution in [2.75, 3.05) is 26.4 Å². The van der Waals surface area contributed by atoms with E-state index in [0.717, 1.165) is 11.8 Å². The summed E-state index contributed by atoms with van der Waals surface area (Å²) < 4.78 is 22.8. The van der Waals surface area contributed by atoms with Crippen molar-refractivity contribution in [3.8, 4) is 0 Å². The lowest BCUT2D eigenvalue weighted by Crippen LogP contribution is -2.56. The van der Waals surface area contributed by atoms with Gasteiger partial charge in [-0.25, -0.2) is 8.42 Å². The fourth-order valence-corrected chi connectivity index (χ4v) is 3.12. The Hall–Kier alpha value is -1.89. The zero-order chi connectivity index (χ0) is 16.5. The summed E-state index contributed by atoms with van der Waals surface area (Å²) in [4.78, 5) is 27.7. The zero-order valence-corrected chi connectivity index (χ0v) is 13.8. The van der Waals surface area contributed by atoms with Crippen LogP contribution in [0.2, 0.25) is 0 Å². The molecular formula is C15H20N2O4S. The van der Waals surface area contributed by atoms with Gasteiger partial charge in [0.1, 0.15) is 6.04 Å². The minimum Gasteiger partial charge on any atom is -0.342 e. The second-order valence-corrected chi connectivity index (χ2v) is 7.63. The summed E-state index contributed by atoms with van der Waals surface area (Å²) >= 11 is 0. The van der Waals surface area contributed by atoms with Gasteiger partial charge in [0.25, 0.3) is 0 Å². The van der Waals surface area contributed by atoms with Crippen molar-refractivity contribution >= 4 is 21.7 Å². The first-order valence-electron chi connectivity index (χ1n) is 7.03. The van der Waals surface area contributed by atoms with Crippen LogP contribution in [-0.2, 0) is 25.8 Å². The third-order valence-electron chi connectivity index (χ3n) is 3.90. The molecule has 0 aromatic heterocycles. The number of carbonyl (C=O) groups excluding carboxylic acids is 2. The predicted octanol–water partition coefficient (Wildman–Crippen LogP) is 0.322. The molecular weight excluding hydrogens is 304 g/mol. The molecule has 1 fully saturated rings. The van der Waals surface area contributed by atoms with Crippen LogP contribution in [0, 0.1) is 0 Å². The topological polar surface area (TPSA) is 74.8 Å². The van der Waals surface area contributed by atoms with Gasteiger partial charge in [-0.15, -0.1) is 0 Å². The van der Waals surface area contributed by atoms with Gasteiger partial charge in [0.05, 0.1) is 11.3 Å². The largest absolute Gasteiger partial charge is 0.342 e. The van der Waals surface area contributed by atoms with Crippen LogP contribution < -0.4 is 0 Å². The number of piperazine rings is 1. The second-order valence-electron chi connectivity index (χ2n) is 5.62. The first-order chi connectivity index (χ1) is 10.2. The van der Waals surface area contributed by atoms with Crippen LogP contribution in [0.4, 0.5) is 0 Å². The molecule has 22 heavy (non-hydrogen) atoms. The van der Waals surface area contributed by atoms with Crippen LogP contribution in [0.1, 0.15) is 12.5 Å². The van der Waals surface area contributed by atoms with E-state index >= 15 is 0 Å². The number of sulfone groups is 1. The Labute approximate surface area is 130 Å². The maximum absolute atomic E-state index is 12.3. The summed E-state index contributed by atoms with van der Waals surface area (Å²) in [5.74, 6) is -0.187. The van der Waals surface area contributed by atoms with Crippen molar-refractivity contribution in [1.29, 1.82) is 0 Å². The first kappa shape index (κ1) is 16.5. The highest BCUT2D eigenvalue weighted by Gasteiger charge is 2.32. The van der Waals surface area contributed by atoms with Crippen molar-refractivity contribution < 1.29 is 18.0 Å². The molecule has 0 aliphatic carbocycles. The van der Waals surface area contributed by atoms with Crippen LogP contribution in [-0.4, -0.2) is 62.5 Å². The molecule has 0 N–H and O–H groups in total. The fraction of sp³-hybridized carbons (Fsp3) is 0.467. The van der Waals surface area contributed by atoms with Crippen molar-refractivity contribution in [1.82, 2.24) is 9.80 Å². The summed E-state index contributed by atoms with van der Waals surface area (Å²) in [6.45, 7) is 2.77. The molecule has 1 saturated heterocycles. The smallest absolute Gasteiger partial charge is 0.244 e. The number of carbonyl (C=O) groups is 2. The van der Waals surface area contributed by atoms with E-state index in [0.29, 0.717) is 13.1 Å². The van der Waals surface area contributed by atoms with E-state index in [4.69, 9.17) is 0 Å². The van der Waals surface area contributed by atoms with Gasteiger partial charge in [0.2, 0.25) is 11.8 Å². The number of hydrogen-bond donors (Lipinski definition) is 0. The normalized spacial score (nSPS) is 19.4. The second kappa shape index (κ2) is 6.08. The number of nitrogens with zero attached hydrogens (tertiary/aromatic N) is 2. The number of benzene rings is 1. The van der Waals surface area contributed by atoms with Gasteiger partial charge in [-0.2, -0.15) is 0 Å². The summed E-state index contributed by atoms with van der Waals surface area (Å²) in [7, 11) is -1.51. The van der Waals surface area contributed by atoms with E-state index in [1.165, 1.54) is 12.1 Å². The third kappa shape index (κ3) is 3.47. The van der Waals surface area contributed by atoms with Crippen LogP contribution in [0.5, 0.6) is 0 Å². The highest BCUT2D eigenvalue weighted by Crippen LogP contribution is 2.14. The van der Waals surface area contributed by atoms with Crippen molar-refractivity contribution in [3.63, 3.8) is 0 Å². The van der Waals surface area contributed by atoms with Gasteiger partial charge < -0.3 is 9.80 Å². The van der Waals surface area contributed by atoms with E-state index in [9.17, 15) is 18.0 Å². The Balaban J connectivity index is 2.07. The first-order valence-corrected chi connectivity index (χ1v) is 8.92. The average molecular weight is 324 g/mol. The lowest BCUT2D eigenvalue weighted by atomic mass is 10.1. The lowest BCUT2D eigenvalue weighted by molar-refractivity contribution is -0.149. The van der Waals surface area contributed by atoms with Gasteiger partial charge in [-0.3, -0.25) is 9.59 Å². The van der Waals surface area contributed by atoms with E-state index in [2.05, 4.69) is 0 Å². The van der Waals surface area contributed by atoms with Crippen LogP contribution in [0.25, 0.3) is 0 Å². The van der Waals surface area contributed by atoms with Crippen molar-refractivity contribution in [2.45, 2.75) is 24.3 Å². The highest BCUT2D eigenvalue weighted by molar-refractivity contribution is 7.90. The van der Waals surface area contributed by atoms with Gasteiger partial charge in [0, 0.05) is 26.4 Å². The molecule has 1 unspecified atom stereocenters. The Morgan fingerprint density at radius 2 is 1.82 bits per heavy atom. The van der Waals surface area contributed by atoms with Crippen LogP contribution >= 0.6 is 0 Å². The van der Waals surface area contributed by atoms with E-state index in [1.54, 1.807) is 35.9 Å². The van der Waals surface area contributed by atoms with Gasteiger partial charge in [-0.1, -0.05) is 12.1 Å². The highest BCUT2D eigenvalue weighted by atomic mass is 32.2. The van der Waals surface area contributed by atoms with Crippen LogP contribution in [0.15, 0.2) is 29.2 Å². The Morgan fingerprint density at radius 1 is 1.23 bits per heavy atom. The Bertz CT molecular complexity index is 682. The minimum absolute atomic E-state index is 0.0629. The molecule has 120 valence electrons. The van der Waals surface area contributed by atoms with Gasteiger partial charge >= 0.3 is 0 Å². The molecule has 2 amide bonds. The molecule has 1 aliphatic heterocycles. The lowest BCUT2D eigenvalue weighted by Gasteiger charge is -2.37. The predicted molar refractivity (Wildman–Crippen MR) is 82.1 cm³/mol. The molecule has 1 aromatic carbocycles. The van der Waals surface area contributed by atoms with Crippen molar-refractivity contribution in [2.24, 2.45) is 0 Å². The Morgan fingerprint density at radius 3 is 2.36 bits per heavy atom. The minimum atomic E-state index is -3.24. The standard InChI is InChI=1S/C15H20N2O4S/c1-11-15(19)16(2)8-9-17(11)14(18)10-12-4-6-13(7-5-12)22(3,20)21/h4-7,11H,8-10H2,1-3H3. The third-order valence-corrected chi connectivity index (χ3v) is 5.03. The number of likely N-dealkylation sites (N-methyl/N-ethyl adjacent to an activating group) is 1. The Kier molecular flexibility index (Phi) is 4.55. The molecule has 2 rings (SSSR count). The SMILES string of the molecule is CC1C(=O)N(C)CCN1C(=O)Cc1ccc(S(C)(=O)=O)cc1. The summed E-state index contributed by atoms with van der Waals surface area (Å²) in [5, 5.41) is 0. The summed E-state index contributed by atoms with van der Waals surface area (Å²) in [6.07, 6.45) is 1.30. The molecule has 7 heteroatoms. The van der Waals surface area contributed by atoms with Crippen molar-refractivity contribution in [3.05, 3.63) is 29.8 Å². The average Bonchev–Trinajstić information content (AvgIpc) is 2.44. The fourth-order valence-electron chi connectivity index (χ4n) is 2.49. The quantitative estimate of drug-likeness (QED) is 0.802. The van der Waals surface area contributed by atoms with Gasteiger partial charge in [0.15, 0.2) is 9.84 Å². The molecule has 1 atom stereocenters. The molecule has 1 aromatic rings. The molecule has 0 spiro atoms. The number of amides is 2.